The molecule has 1 aromatic heterocycles. The first-order chi connectivity index (χ1) is 18.3. The van der Waals surface area contributed by atoms with Crippen molar-refractivity contribution in [3.8, 4) is 5.75 Å². The number of anilines is 2. The molecule has 38 heavy (non-hydrogen) atoms. The molecule has 1 saturated heterocycles. The van der Waals surface area contributed by atoms with Crippen LogP contribution in [-0.2, 0) is 31.0 Å². The van der Waals surface area contributed by atoms with E-state index in [4.69, 9.17) is 21.1 Å². The van der Waals surface area contributed by atoms with Crippen LogP contribution in [0.3, 0.4) is 0 Å². The molecular weight excluding hydrogens is 508 g/mol. The Morgan fingerprint density at radius 1 is 1.18 bits per heavy atom. The molecule has 1 aromatic carbocycles. The highest BCUT2D eigenvalue weighted by Gasteiger charge is 2.48. The largest absolute Gasteiger partial charge is 0.491 e. The molecule has 3 aliphatic heterocycles. The number of nitrogens with one attached hydrogen (secondary N) is 1. The van der Waals surface area contributed by atoms with Gasteiger partial charge in [-0.05, 0) is 67.7 Å². The number of pyridine rings is 1. The Hall–Kier alpha value is -3.17. The summed E-state index contributed by atoms with van der Waals surface area (Å²) >= 11 is 6.23. The van der Waals surface area contributed by atoms with Crippen molar-refractivity contribution in [2.45, 2.75) is 63.0 Å². The van der Waals surface area contributed by atoms with Crippen molar-refractivity contribution in [1.29, 1.82) is 0 Å². The van der Waals surface area contributed by atoms with E-state index < -0.39 is 5.41 Å². The van der Waals surface area contributed by atoms with E-state index in [1.54, 1.807) is 11.1 Å². The molecule has 0 unspecified atom stereocenters. The van der Waals surface area contributed by atoms with Gasteiger partial charge in [0, 0.05) is 49.5 Å². The van der Waals surface area contributed by atoms with Crippen molar-refractivity contribution in [2.24, 2.45) is 0 Å². The molecule has 1 spiro atoms. The van der Waals surface area contributed by atoms with E-state index in [-0.39, 0.29) is 29.9 Å². The molecule has 1 saturated carbocycles. The van der Waals surface area contributed by atoms with Gasteiger partial charge >= 0.3 is 5.97 Å². The van der Waals surface area contributed by atoms with E-state index in [0.717, 1.165) is 49.3 Å². The molecule has 9 nitrogen and oxygen atoms in total. The van der Waals surface area contributed by atoms with Crippen LogP contribution < -0.4 is 15.0 Å². The smallest absolute Gasteiger partial charge is 0.302 e. The number of hydrogen-bond donors (Lipinski definition) is 1. The van der Waals surface area contributed by atoms with Crippen LogP contribution in [0.25, 0.3) is 0 Å². The molecule has 2 fully saturated rings. The molecule has 4 aliphatic rings. The fraction of sp³-hybridized carbons (Fsp3) is 0.500. The van der Waals surface area contributed by atoms with Gasteiger partial charge in [-0.1, -0.05) is 11.6 Å². The molecule has 1 aliphatic carbocycles. The van der Waals surface area contributed by atoms with E-state index in [1.165, 1.54) is 6.92 Å². The van der Waals surface area contributed by atoms with Crippen LogP contribution in [0.5, 0.6) is 5.75 Å². The highest BCUT2D eigenvalue weighted by molar-refractivity contribution is 6.31. The summed E-state index contributed by atoms with van der Waals surface area (Å²) in [5, 5.41) is 3.68. The molecule has 0 atom stereocenters. The summed E-state index contributed by atoms with van der Waals surface area (Å²) < 4.78 is 11.3. The summed E-state index contributed by atoms with van der Waals surface area (Å²) in [6, 6.07) is 7.62. The fourth-order valence-electron chi connectivity index (χ4n) is 6.23. The zero-order valence-corrected chi connectivity index (χ0v) is 22.1. The third kappa shape index (κ3) is 4.52. The van der Waals surface area contributed by atoms with Crippen LogP contribution in [0.15, 0.2) is 30.5 Å². The third-order valence-corrected chi connectivity index (χ3v) is 8.59. The minimum absolute atomic E-state index is 0.0116. The third-order valence-electron chi connectivity index (χ3n) is 8.36. The quantitative estimate of drug-likeness (QED) is 0.562. The summed E-state index contributed by atoms with van der Waals surface area (Å²) in [6.07, 6.45) is 5.40. The second-order valence-electron chi connectivity index (χ2n) is 10.7. The Morgan fingerprint density at radius 2 is 1.97 bits per heavy atom. The summed E-state index contributed by atoms with van der Waals surface area (Å²) in [7, 11) is 0. The zero-order chi connectivity index (χ0) is 26.4. The van der Waals surface area contributed by atoms with Gasteiger partial charge in [0.1, 0.15) is 24.3 Å². The van der Waals surface area contributed by atoms with Gasteiger partial charge in [-0.3, -0.25) is 24.2 Å². The fourth-order valence-corrected chi connectivity index (χ4v) is 6.40. The van der Waals surface area contributed by atoms with Gasteiger partial charge < -0.3 is 14.8 Å². The van der Waals surface area contributed by atoms with Crippen LogP contribution >= 0.6 is 11.6 Å². The lowest BCUT2D eigenvalue weighted by molar-refractivity contribution is -0.151. The first-order valence-corrected chi connectivity index (χ1v) is 13.6. The summed E-state index contributed by atoms with van der Waals surface area (Å²) in [5.74, 6) is 1.23. The SMILES string of the molecule is CC(=O)O[C@H]1C[C@H](N2C(=O)CCc3cc(OCCN4CCC5(CC4)C(=O)Nc4ccc(Cl)cc45)cnc32)C1. The molecule has 0 bridgehead atoms. The topological polar surface area (TPSA) is 101 Å². The highest BCUT2D eigenvalue weighted by Crippen LogP contribution is 2.45. The predicted octanol–water partition coefficient (Wildman–Crippen LogP) is 3.47. The molecule has 2 aromatic rings. The van der Waals surface area contributed by atoms with Gasteiger partial charge in [-0.15, -0.1) is 0 Å². The van der Waals surface area contributed by atoms with E-state index >= 15 is 0 Å². The Kier molecular flexibility index (Phi) is 6.52. The molecule has 1 N–H and O–H groups in total. The van der Waals surface area contributed by atoms with E-state index in [0.29, 0.717) is 48.9 Å². The maximum atomic E-state index is 12.9. The lowest BCUT2D eigenvalue weighted by Gasteiger charge is -2.43. The average Bonchev–Trinajstić information content (AvgIpc) is 3.13. The van der Waals surface area contributed by atoms with Crippen molar-refractivity contribution in [3.05, 3.63) is 46.6 Å². The number of piperidine rings is 1. The summed E-state index contributed by atoms with van der Waals surface area (Å²) in [5.41, 5.74) is 2.39. The van der Waals surface area contributed by atoms with Gasteiger partial charge in [0.2, 0.25) is 11.8 Å². The van der Waals surface area contributed by atoms with Crippen LogP contribution in [0.1, 0.15) is 50.2 Å². The van der Waals surface area contributed by atoms with Gasteiger partial charge in [0.25, 0.3) is 0 Å². The Morgan fingerprint density at radius 3 is 2.74 bits per heavy atom. The van der Waals surface area contributed by atoms with Crippen LogP contribution in [0.4, 0.5) is 11.5 Å². The van der Waals surface area contributed by atoms with E-state index in [1.807, 2.05) is 24.3 Å². The average molecular weight is 539 g/mol. The number of amides is 2. The number of carbonyl (C=O) groups excluding carboxylic acids is 3. The second kappa shape index (κ2) is 9.85. The second-order valence-corrected chi connectivity index (χ2v) is 11.1. The van der Waals surface area contributed by atoms with Crippen molar-refractivity contribution in [1.82, 2.24) is 9.88 Å². The number of rotatable bonds is 6. The number of esters is 1. The van der Waals surface area contributed by atoms with Gasteiger partial charge in [-0.2, -0.15) is 0 Å². The van der Waals surface area contributed by atoms with Crippen molar-refractivity contribution >= 4 is 40.9 Å². The number of benzene rings is 1. The number of halogens is 1. The summed E-state index contributed by atoms with van der Waals surface area (Å²) in [4.78, 5) is 45.4. The minimum atomic E-state index is -0.498. The Bertz CT molecular complexity index is 1290. The Balaban J connectivity index is 1.03. The number of carbonyl (C=O) groups is 3. The minimum Gasteiger partial charge on any atom is -0.491 e. The van der Waals surface area contributed by atoms with Crippen LogP contribution in [0.2, 0.25) is 5.02 Å². The maximum absolute atomic E-state index is 12.9. The number of ether oxygens (including phenoxy) is 2. The molecule has 6 rings (SSSR count). The number of hydrogen-bond acceptors (Lipinski definition) is 7. The predicted molar refractivity (Wildman–Crippen MR) is 142 cm³/mol. The standard InChI is InChI=1S/C28H31ClN4O5/c1-17(34)38-21-14-20(15-21)33-25(35)5-2-18-12-22(16-30-26(18)33)37-11-10-32-8-6-28(7-9-32)23-13-19(29)3-4-24(23)31-27(28)36/h3-4,12-13,16,20-21H,2,5-11,14-15H2,1H3,(H,31,36)/t20-,21-. The first kappa shape index (κ1) is 25.1. The normalized spacial score (nSPS) is 23.9. The molecule has 10 heteroatoms. The maximum Gasteiger partial charge on any atom is 0.302 e. The molecule has 200 valence electrons. The van der Waals surface area contributed by atoms with Crippen LogP contribution in [-0.4, -0.2) is 66.1 Å². The molecule has 4 heterocycles. The molecule has 2 amide bonds. The van der Waals surface area contributed by atoms with Crippen molar-refractivity contribution < 1.29 is 23.9 Å². The lowest BCUT2D eigenvalue weighted by Crippen LogP contribution is -2.53. The monoisotopic (exact) mass is 538 g/mol. The van der Waals surface area contributed by atoms with Crippen molar-refractivity contribution in [3.63, 3.8) is 0 Å². The number of aryl methyl sites for hydroxylation is 1. The highest BCUT2D eigenvalue weighted by atomic mass is 35.5. The lowest BCUT2D eigenvalue weighted by atomic mass is 9.73. The molecular formula is C28H31ClN4O5. The number of nitrogens with zero attached hydrogens (tertiary/aromatic N) is 3. The number of likely N-dealkylation sites (tertiary alicyclic amines) is 1. The first-order valence-electron chi connectivity index (χ1n) is 13.3. The summed E-state index contributed by atoms with van der Waals surface area (Å²) in [6.45, 7) is 4.28. The molecule has 0 radical (unpaired) electrons. The van der Waals surface area contributed by atoms with Gasteiger partial charge in [0.15, 0.2) is 0 Å². The van der Waals surface area contributed by atoms with Gasteiger partial charge in [0.05, 0.1) is 11.6 Å². The number of aromatic nitrogens is 1. The van der Waals surface area contributed by atoms with Crippen LogP contribution in [0, 0.1) is 0 Å². The van der Waals surface area contributed by atoms with Gasteiger partial charge in [-0.25, -0.2) is 4.98 Å². The number of fused-ring (bicyclic) bond motifs is 3. The van der Waals surface area contributed by atoms with E-state index in [9.17, 15) is 14.4 Å². The zero-order valence-electron chi connectivity index (χ0n) is 21.4. The van der Waals surface area contributed by atoms with Crippen molar-refractivity contribution in [2.75, 3.05) is 36.5 Å². The van der Waals surface area contributed by atoms with E-state index in [2.05, 4.69) is 15.2 Å². The Labute approximate surface area is 226 Å².